The van der Waals surface area contributed by atoms with Gasteiger partial charge in [-0.05, 0) is 30.8 Å². The number of rotatable bonds is 3. The van der Waals surface area contributed by atoms with Gasteiger partial charge in [-0.15, -0.1) is 0 Å². The van der Waals surface area contributed by atoms with Crippen molar-refractivity contribution in [1.82, 2.24) is 0 Å². The Hall–Kier alpha value is -1.32. The summed E-state index contributed by atoms with van der Waals surface area (Å²) in [6.45, 7) is 3.57. The van der Waals surface area contributed by atoms with Crippen LogP contribution < -0.4 is 0 Å². The van der Waals surface area contributed by atoms with E-state index in [2.05, 4.69) is 0 Å². The Kier molecular flexibility index (Phi) is 3.17. The van der Waals surface area contributed by atoms with Crippen LogP contribution in [-0.4, -0.2) is 22.2 Å². The van der Waals surface area contributed by atoms with Crippen LogP contribution in [0.2, 0.25) is 0 Å². The molecule has 1 aliphatic rings. The van der Waals surface area contributed by atoms with Crippen molar-refractivity contribution >= 4 is 11.9 Å². The lowest BCUT2D eigenvalue weighted by atomic mass is 9.79. The molecule has 4 nitrogen and oxygen atoms in total. The van der Waals surface area contributed by atoms with Crippen molar-refractivity contribution in [3.05, 3.63) is 11.1 Å². The molecule has 1 fully saturated rings. The summed E-state index contributed by atoms with van der Waals surface area (Å²) in [7, 11) is 0. The van der Waals surface area contributed by atoms with E-state index >= 15 is 0 Å². The van der Waals surface area contributed by atoms with Gasteiger partial charge in [0.25, 0.3) is 0 Å². The zero-order chi connectivity index (χ0) is 11.6. The van der Waals surface area contributed by atoms with E-state index in [1.165, 1.54) is 0 Å². The number of carbonyl (C=O) groups is 2. The summed E-state index contributed by atoms with van der Waals surface area (Å²) in [6, 6.07) is 0. The Morgan fingerprint density at radius 3 is 1.80 bits per heavy atom. The van der Waals surface area contributed by atoms with Crippen molar-refractivity contribution in [3.63, 3.8) is 0 Å². The Labute approximate surface area is 88.6 Å². The average Bonchev–Trinajstić information content (AvgIpc) is 2.52. The summed E-state index contributed by atoms with van der Waals surface area (Å²) in [4.78, 5) is 21.7. The van der Waals surface area contributed by atoms with Crippen LogP contribution in [0.15, 0.2) is 11.1 Å². The van der Waals surface area contributed by atoms with Crippen LogP contribution in [0.3, 0.4) is 0 Å². The molecule has 0 aromatic heterocycles. The molecule has 0 heterocycles. The van der Waals surface area contributed by atoms with Crippen LogP contribution in [0.1, 0.15) is 39.5 Å². The highest BCUT2D eigenvalue weighted by atomic mass is 16.4. The van der Waals surface area contributed by atoms with Gasteiger partial charge in [-0.1, -0.05) is 19.8 Å². The van der Waals surface area contributed by atoms with Crippen molar-refractivity contribution in [1.29, 1.82) is 0 Å². The minimum absolute atomic E-state index is 0.244. The first kappa shape index (κ1) is 11.8. The largest absolute Gasteiger partial charge is 0.477 e. The molecule has 1 saturated carbocycles. The number of carboxylic acids is 2. The Bertz CT molecular complexity index is 305. The van der Waals surface area contributed by atoms with E-state index < -0.39 is 17.5 Å². The van der Waals surface area contributed by atoms with E-state index in [1.807, 2.05) is 6.92 Å². The number of carboxylic acid groups (broad SMARTS) is 2. The standard InChI is InChI=1S/C11H16O4/c1-7(8(9(12)13)10(14)15)11(2)5-3-4-6-11/h3-6H2,1-2H3,(H,12,13)(H,14,15). The molecule has 0 radical (unpaired) electrons. The van der Waals surface area contributed by atoms with E-state index in [0.717, 1.165) is 25.7 Å². The number of hydrogen-bond acceptors (Lipinski definition) is 2. The number of hydrogen-bond donors (Lipinski definition) is 2. The van der Waals surface area contributed by atoms with Crippen LogP contribution in [0.5, 0.6) is 0 Å². The Morgan fingerprint density at radius 1 is 1.07 bits per heavy atom. The van der Waals surface area contributed by atoms with Gasteiger partial charge in [0.15, 0.2) is 0 Å². The fourth-order valence-electron chi connectivity index (χ4n) is 2.24. The second-order valence-electron chi connectivity index (χ2n) is 4.38. The smallest absolute Gasteiger partial charge is 0.343 e. The zero-order valence-electron chi connectivity index (χ0n) is 9.04. The molecule has 0 spiro atoms. The van der Waals surface area contributed by atoms with Crippen LogP contribution in [0, 0.1) is 5.41 Å². The van der Waals surface area contributed by atoms with E-state index in [1.54, 1.807) is 6.92 Å². The summed E-state index contributed by atoms with van der Waals surface area (Å²) in [5, 5.41) is 17.7. The minimum atomic E-state index is -1.34. The lowest BCUT2D eigenvalue weighted by Gasteiger charge is -2.25. The Morgan fingerprint density at radius 2 is 1.47 bits per heavy atom. The average molecular weight is 212 g/mol. The minimum Gasteiger partial charge on any atom is -0.477 e. The third-order valence-electron chi connectivity index (χ3n) is 3.42. The number of aliphatic carboxylic acids is 2. The molecule has 0 bridgehead atoms. The predicted octanol–water partition coefficient (Wildman–Crippen LogP) is 2.05. The molecule has 0 unspecified atom stereocenters. The lowest BCUT2D eigenvalue weighted by molar-refractivity contribution is -0.140. The SMILES string of the molecule is CC(=C(C(=O)O)C(=O)O)C1(C)CCCC1. The maximum atomic E-state index is 10.8. The normalized spacial score (nSPS) is 18.5. The van der Waals surface area contributed by atoms with Gasteiger partial charge in [-0.25, -0.2) is 9.59 Å². The molecule has 84 valence electrons. The molecule has 0 aromatic carbocycles. The predicted molar refractivity (Wildman–Crippen MR) is 54.5 cm³/mol. The fourth-order valence-corrected chi connectivity index (χ4v) is 2.24. The number of allylic oxidation sites excluding steroid dienone is 1. The molecule has 0 atom stereocenters. The fraction of sp³-hybridized carbons (Fsp3) is 0.636. The maximum Gasteiger partial charge on any atom is 0.343 e. The highest BCUT2D eigenvalue weighted by Crippen LogP contribution is 2.44. The summed E-state index contributed by atoms with van der Waals surface area (Å²) >= 11 is 0. The van der Waals surface area contributed by atoms with Gasteiger partial charge in [0.05, 0.1) is 0 Å². The first-order chi connectivity index (χ1) is 6.88. The molecule has 0 amide bonds. The third kappa shape index (κ3) is 2.19. The quantitative estimate of drug-likeness (QED) is 0.426. The van der Waals surface area contributed by atoms with E-state index in [4.69, 9.17) is 10.2 Å². The van der Waals surface area contributed by atoms with Crippen molar-refractivity contribution in [2.45, 2.75) is 39.5 Å². The van der Waals surface area contributed by atoms with Crippen LogP contribution in [0.25, 0.3) is 0 Å². The van der Waals surface area contributed by atoms with E-state index in [0.29, 0.717) is 5.57 Å². The molecular formula is C11H16O4. The summed E-state index contributed by atoms with van der Waals surface area (Å²) in [5.41, 5.74) is -0.203. The van der Waals surface area contributed by atoms with Crippen LogP contribution >= 0.6 is 0 Å². The Balaban J connectivity index is 3.14. The molecule has 0 aliphatic heterocycles. The summed E-state index contributed by atoms with van der Waals surface area (Å²) in [5.74, 6) is -2.68. The van der Waals surface area contributed by atoms with Crippen LogP contribution in [-0.2, 0) is 9.59 Å². The van der Waals surface area contributed by atoms with Gasteiger partial charge < -0.3 is 10.2 Å². The molecule has 0 aromatic rings. The topological polar surface area (TPSA) is 74.6 Å². The van der Waals surface area contributed by atoms with Gasteiger partial charge in [0.1, 0.15) is 5.57 Å². The van der Waals surface area contributed by atoms with Gasteiger partial charge in [0.2, 0.25) is 0 Å². The van der Waals surface area contributed by atoms with Crippen molar-refractivity contribution < 1.29 is 19.8 Å². The summed E-state index contributed by atoms with van der Waals surface area (Å²) < 4.78 is 0. The molecule has 4 heteroatoms. The second kappa shape index (κ2) is 4.04. The van der Waals surface area contributed by atoms with Crippen molar-refractivity contribution in [3.8, 4) is 0 Å². The maximum absolute atomic E-state index is 10.8. The summed E-state index contributed by atoms with van der Waals surface area (Å²) in [6.07, 6.45) is 3.84. The third-order valence-corrected chi connectivity index (χ3v) is 3.42. The molecule has 1 aliphatic carbocycles. The lowest BCUT2D eigenvalue weighted by Crippen LogP contribution is -2.22. The molecular weight excluding hydrogens is 196 g/mol. The monoisotopic (exact) mass is 212 g/mol. The van der Waals surface area contributed by atoms with Gasteiger partial charge in [0, 0.05) is 0 Å². The second-order valence-corrected chi connectivity index (χ2v) is 4.38. The van der Waals surface area contributed by atoms with Crippen molar-refractivity contribution in [2.24, 2.45) is 5.41 Å². The highest BCUT2D eigenvalue weighted by molar-refractivity contribution is 6.13. The molecule has 15 heavy (non-hydrogen) atoms. The molecule has 0 saturated heterocycles. The first-order valence-electron chi connectivity index (χ1n) is 5.06. The highest BCUT2D eigenvalue weighted by Gasteiger charge is 2.35. The van der Waals surface area contributed by atoms with E-state index in [-0.39, 0.29) is 5.41 Å². The zero-order valence-corrected chi connectivity index (χ0v) is 9.04. The molecule has 2 N–H and O–H groups in total. The van der Waals surface area contributed by atoms with Crippen LogP contribution in [0.4, 0.5) is 0 Å². The van der Waals surface area contributed by atoms with Gasteiger partial charge in [-0.2, -0.15) is 0 Å². The van der Waals surface area contributed by atoms with E-state index in [9.17, 15) is 9.59 Å². The molecule has 1 rings (SSSR count). The van der Waals surface area contributed by atoms with Gasteiger partial charge >= 0.3 is 11.9 Å². The van der Waals surface area contributed by atoms with Gasteiger partial charge in [-0.3, -0.25) is 0 Å². The van der Waals surface area contributed by atoms with Crippen molar-refractivity contribution in [2.75, 3.05) is 0 Å². The first-order valence-corrected chi connectivity index (χ1v) is 5.06.